The van der Waals surface area contributed by atoms with E-state index in [1.807, 2.05) is 0 Å². The average molecular weight is 193 g/mol. The Hall–Kier alpha value is -1.68. The predicted molar refractivity (Wildman–Crippen MR) is 53.8 cm³/mol. The van der Waals surface area contributed by atoms with Crippen LogP contribution in [0.4, 0.5) is 5.69 Å². The minimum absolute atomic E-state index is 0.0798. The number of aliphatic hydroxyl groups excluding tert-OH is 1. The van der Waals surface area contributed by atoms with Crippen molar-refractivity contribution in [3.63, 3.8) is 0 Å². The third kappa shape index (κ3) is 2.99. The third-order valence-electron chi connectivity index (χ3n) is 1.69. The van der Waals surface area contributed by atoms with E-state index in [1.165, 1.54) is 12.1 Å². The van der Waals surface area contributed by atoms with Crippen LogP contribution in [0, 0.1) is 10.1 Å². The zero-order valence-electron chi connectivity index (χ0n) is 7.59. The van der Waals surface area contributed by atoms with Crippen LogP contribution in [0.25, 0.3) is 6.08 Å². The van der Waals surface area contributed by atoms with Gasteiger partial charge in [0.05, 0.1) is 4.92 Å². The summed E-state index contributed by atoms with van der Waals surface area (Å²) in [4.78, 5) is 10.00. The van der Waals surface area contributed by atoms with Gasteiger partial charge < -0.3 is 5.11 Å². The molecule has 0 heterocycles. The maximum absolute atomic E-state index is 10.4. The lowest BCUT2D eigenvalue weighted by atomic mass is 10.2. The van der Waals surface area contributed by atoms with Crippen LogP contribution in [0.3, 0.4) is 0 Å². The summed E-state index contributed by atoms with van der Waals surface area (Å²) < 4.78 is 0. The second-order valence-corrected chi connectivity index (χ2v) is 2.77. The summed E-state index contributed by atoms with van der Waals surface area (Å²) in [6, 6.07) is 6.36. The molecule has 0 atom stereocenters. The smallest absolute Gasteiger partial charge is 0.270 e. The number of nitro groups is 1. The van der Waals surface area contributed by atoms with Crippen LogP contribution in [-0.4, -0.2) is 16.6 Å². The van der Waals surface area contributed by atoms with E-state index in [0.717, 1.165) is 5.56 Å². The van der Waals surface area contributed by atoms with Crippen molar-refractivity contribution in [1.82, 2.24) is 0 Å². The van der Waals surface area contributed by atoms with Crippen LogP contribution in [0.5, 0.6) is 0 Å². The molecule has 1 rings (SSSR count). The van der Waals surface area contributed by atoms with Crippen molar-refractivity contribution in [2.45, 2.75) is 6.42 Å². The molecule has 14 heavy (non-hydrogen) atoms. The lowest BCUT2D eigenvalue weighted by Gasteiger charge is -1.93. The van der Waals surface area contributed by atoms with Crippen LogP contribution in [0.15, 0.2) is 30.3 Å². The minimum atomic E-state index is -0.427. The highest BCUT2D eigenvalue weighted by atomic mass is 16.6. The van der Waals surface area contributed by atoms with Crippen LogP contribution >= 0.6 is 0 Å². The number of rotatable bonds is 4. The summed E-state index contributed by atoms with van der Waals surface area (Å²) in [6.07, 6.45) is 4.09. The van der Waals surface area contributed by atoms with E-state index in [9.17, 15) is 10.1 Å². The average Bonchev–Trinajstić information content (AvgIpc) is 2.19. The van der Waals surface area contributed by atoms with E-state index in [1.54, 1.807) is 24.3 Å². The number of benzene rings is 1. The summed E-state index contributed by atoms with van der Waals surface area (Å²) in [5.41, 5.74) is 0.851. The first-order chi connectivity index (χ1) is 6.74. The van der Waals surface area contributed by atoms with Crippen LogP contribution in [0.1, 0.15) is 12.0 Å². The molecule has 0 spiro atoms. The number of non-ortho nitro benzene ring substituents is 1. The van der Waals surface area contributed by atoms with Crippen molar-refractivity contribution < 1.29 is 10.0 Å². The Kier molecular flexibility index (Phi) is 3.82. The fraction of sp³-hybridized carbons (Fsp3) is 0.200. The molecule has 4 heteroatoms. The molecule has 4 nitrogen and oxygen atoms in total. The van der Waals surface area contributed by atoms with Gasteiger partial charge in [-0.05, 0) is 12.0 Å². The standard InChI is InChI=1S/C10H11NO3/c12-7-2-1-4-9-5-3-6-10(8-9)11(13)14/h1,3-6,8,12H,2,7H2/b4-1+. The quantitative estimate of drug-likeness (QED) is 0.587. The largest absolute Gasteiger partial charge is 0.396 e. The van der Waals surface area contributed by atoms with Gasteiger partial charge in [-0.2, -0.15) is 0 Å². The fourth-order valence-electron chi connectivity index (χ4n) is 1.04. The van der Waals surface area contributed by atoms with Crippen LogP contribution in [0.2, 0.25) is 0 Å². The minimum Gasteiger partial charge on any atom is -0.396 e. The van der Waals surface area contributed by atoms with Gasteiger partial charge in [-0.25, -0.2) is 0 Å². The zero-order chi connectivity index (χ0) is 10.4. The Bertz CT molecular complexity index is 347. The van der Waals surface area contributed by atoms with E-state index < -0.39 is 4.92 Å². The van der Waals surface area contributed by atoms with E-state index in [4.69, 9.17) is 5.11 Å². The van der Waals surface area contributed by atoms with Gasteiger partial charge in [-0.1, -0.05) is 24.3 Å². The van der Waals surface area contributed by atoms with Gasteiger partial charge >= 0.3 is 0 Å². The van der Waals surface area contributed by atoms with Crippen LogP contribution < -0.4 is 0 Å². The van der Waals surface area contributed by atoms with Gasteiger partial charge in [-0.3, -0.25) is 10.1 Å². The second kappa shape index (κ2) is 5.14. The Labute approximate surface area is 81.6 Å². The van der Waals surface area contributed by atoms with Crippen molar-refractivity contribution in [3.05, 3.63) is 46.0 Å². The van der Waals surface area contributed by atoms with Gasteiger partial charge in [-0.15, -0.1) is 0 Å². The Morgan fingerprint density at radius 1 is 1.50 bits per heavy atom. The van der Waals surface area contributed by atoms with E-state index in [0.29, 0.717) is 6.42 Å². The third-order valence-corrected chi connectivity index (χ3v) is 1.69. The molecule has 0 aliphatic heterocycles. The maximum Gasteiger partial charge on any atom is 0.270 e. The molecule has 0 unspecified atom stereocenters. The summed E-state index contributed by atoms with van der Waals surface area (Å²) in [5, 5.41) is 19.0. The highest BCUT2D eigenvalue weighted by molar-refractivity contribution is 5.53. The fourth-order valence-corrected chi connectivity index (χ4v) is 1.04. The molecule has 1 aromatic carbocycles. The normalized spacial score (nSPS) is 10.6. The summed E-state index contributed by atoms with van der Waals surface area (Å²) in [7, 11) is 0. The molecular weight excluding hydrogens is 182 g/mol. The predicted octanol–water partition coefficient (Wildman–Crippen LogP) is 1.99. The molecule has 0 aromatic heterocycles. The number of aliphatic hydroxyl groups is 1. The van der Waals surface area contributed by atoms with Crippen molar-refractivity contribution in [3.8, 4) is 0 Å². The number of hydrogen-bond donors (Lipinski definition) is 1. The molecule has 1 aromatic rings. The first kappa shape index (κ1) is 10.4. The first-order valence-corrected chi connectivity index (χ1v) is 4.26. The SMILES string of the molecule is O=[N+]([O-])c1cccc(/C=C/CCO)c1. The molecule has 0 saturated carbocycles. The van der Waals surface area contributed by atoms with Crippen molar-refractivity contribution >= 4 is 11.8 Å². The summed E-state index contributed by atoms with van der Waals surface area (Å²) in [6.45, 7) is 0.0887. The number of nitrogens with zero attached hydrogens (tertiary/aromatic N) is 1. The van der Waals surface area contributed by atoms with Gasteiger partial charge in [0.15, 0.2) is 0 Å². The molecule has 0 amide bonds. The van der Waals surface area contributed by atoms with Crippen LogP contribution in [-0.2, 0) is 0 Å². The number of hydrogen-bond acceptors (Lipinski definition) is 3. The highest BCUT2D eigenvalue weighted by Crippen LogP contribution is 2.14. The summed E-state index contributed by atoms with van der Waals surface area (Å²) in [5.74, 6) is 0. The van der Waals surface area contributed by atoms with E-state index in [-0.39, 0.29) is 12.3 Å². The van der Waals surface area contributed by atoms with Gasteiger partial charge in [0, 0.05) is 18.7 Å². The number of nitro benzene ring substituents is 1. The van der Waals surface area contributed by atoms with Gasteiger partial charge in [0.2, 0.25) is 0 Å². The molecule has 1 N–H and O–H groups in total. The molecule has 0 fully saturated rings. The lowest BCUT2D eigenvalue weighted by molar-refractivity contribution is -0.384. The molecule has 0 saturated heterocycles. The molecule has 0 aliphatic carbocycles. The van der Waals surface area contributed by atoms with Crippen molar-refractivity contribution in [1.29, 1.82) is 0 Å². The first-order valence-electron chi connectivity index (χ1n) is 4.26. The van der Waals surface area contributed by atoms with E-state index >= 15 is 0 Å². The highest BCUT2D eigenvalue weighted by Gasteiger charge is 2.02. The molecule has 74 valence electrons. The lowest BCUT2D eigenvalue weighted by Crippen LogP contribution is -1.87. The molecular formula is C10H11NO3. The zero-order valence-corrected chi connectivity index (χ0v) is 7.59. The molecule has 0 radical (unpaired) electrons. The topological polar surface area (TPSA) is 63.4 Å². The van der Waals surface area contributed by atoms with E-state index in [2.05, 4.69) is 0 Å². The van der Waals surface area contributed by atoms with Gasteiger partial charge in [0.25, 0.3) is 5.69 Å². The summed E-state index contributed by atoms with van der Waals surface area (Å²) >= 11 is 0. The maximum atomic E-state index is 10.4. The van der Waals surface area contributed by atoms with Crippen molar-refractivity contribution in [2.75, 3.05) is 6.61 Å². The second-order valence-electron chi connectivity index (χ2n) is 2.77. The Balaban J connectivity index is 2.78. The Morgan fingerprint density at radius 2 is 2.29 bits per heavy atom. The van der Waals surface area contributed by atoms with Crippen molar-refractivity contribution in [2.24, 2.45) is 0 Å². The van der Waals surface area contributed by atoms with Gasteiger partial charge in [0.1, 0.15) is 0 Å². The Morgan fingerprint density at radius 3 is 2.93 bits per heavy atom. The molecule has 0 bridgehead atoms. The monoisotopic (exact) mass is 193 g/mol. The molecule has 0 aliphatic rings.